The van der Waals surface area contributed by atoms with E-state index < -0.39 is 98.7 Å². The van der Waals surface area contributed by atoms with E-state index in [1.165, 1.54) is 0 Å². The van der Waals surface area contributed by atoms with Gasteiger partial charge in [0.05, 0.1) is 0 Å². The molecular weight excluding hydrogens is 662 g/mol. The fraction of sp³-hybridized carbons (Fsp3) is 1.00. The number of hydrogen-bond acceptors (Lipinski definition) is 2. The van der Waals surface area contributed by atoms with Gasteiger partial charge in [0.1, 0.15) is 0 Å². The summed E-state index contributed by atoms with van der Waals surface area (Å²) in [7, 11) is -10.2. The van der Waals surface area contributed by atoms with Crippen LogP contribution in [-0.4, -0.2) is 73.8 Å². The third-order valence-corrected chi connectivity index (χ3v) is 15.0. The summed E-state index contributed by atoms with van der Waals surface area (Å²) in [4.78, 5) is 0. The van der Waals surface area contributed by atoms with Crippen molar-refractivity contribution in [2.75, 3.05) is 0 Å². The SMILES string of the molecule is C[Si](O[Si](C)(C)CCC(F)(F)C(F)(F)C(F)(F)C(F)(F)F)O[Si](C)(C)CCC(F)(F)C(F)(F)C(F)(F)C(F)(F)F. The molecule has 0 N–H and O–H groups in total. The van der Waals surface area contributed by atoms with Crippen molar-refractivity contribution in [3.63, 3.8) is 0 Å². The van der Waals surface area contributed by atoms with Crippen LogP contribution in [0.3, 0.4) is 0 Å². The summed E-state index contributed by atoms with van der Waals surface area (Å²) in [5.74, 6) is -39.7. The average Bonchev–Trinajstić information content (AvgIpc) is 2.68. The maximum atomic E-state index is 13.8. The first-order chi connectivity index (χ1) is 17.0. The van der Waals surface area contributed by atoms with Crippen LogP contribution in [0.4, 0.5) is 79.0 Å². The van der Waals surface area contributed by atoms with Crippen LogP contribution in [-0.2, 0) is 8.23 Å². The van der Waals surface area contributed by atoms with Gasteiger partial charge in [-0.25, -0.2) is 0 Å². The third kappa shape index (κ3) is 8.23. The molecule has 0 aliphatic rings. The Hall–Kier alpha value is -0.689. The van der Waals surface area contributed by atoms with E-state index in [1.807, 2.05) is 0 Å². The lowest BCUT2D eigenvalue weighted by atomic mass is 10.0. The maximum absolute atomic E-state index is 13.8. The molecule has 0 spiro atoms. The van der Waals surface area contributed by atoms with Crippen LogP contribution >= 0.6 is 0 Å². The Morgan fingerprint density at radius 3 is 0.875 bits per heavy atom. The first kappa shape index (κ1) is 39.3. The van der Waals surface area contributed by atoms with E-state index in [2.05, 4.69) is 0 Å². The van der Waals surface area contributed by atoms with Gasteiger partial charge in [-0.2, -0.15) is 79.0 Å². The van der Waals surface area contributed by atoms with Crippen LogP contribution < -0.4 is 0 Å². The van der Waals surface area contributed by atoms with E-state index in [0.29, 0.717) is 0 Å². The Morgan fingerprint density at radius 1 is 0.450 bits per heavy atom. The molecule has 0 fully saturated rings. The van der Waals surface area contributed by atoms with Crippen molar-refractivity contribution in [1.29, 1.82) is 0 Å². The van der Waals surface area contributed by atoms with Gasteiger partial charge in [-0.15, -0.1) is 0 Å². The van der Waals surface area contributed by atoms with Crippen LogP contribution in [0.25, 0.3) is 0 Å². The molecule has 40 heavy (non-hydrogen) atoms. The summed E-state index contributed by atoms with van der Waals surface area (Å²) in [5, 5.41) is 0. The molecule has 0 heterocycles. The Bertz CT molecular complexity index is 786. The zero-order valence-corrected chi connectivity index (χ0v) is 23.9. The molecule has 23 heteroatoms. The van der Waals surface area contributed by atoms with Crippen LogP contribution in [0, 0.1) is 0 Å². The van der Waals surface area contributed by atoms with Gasteiger partial charge < -0.3 is 8.23 Å². The molecule has 0 aliphatic heterocycles. The van der Waals surface area contributed by atoms with Crippen molar-refractivity contribution in [2.24, 2.45) is 0 Å². The zero-order chi connectivity index (χ0) is 32.8. The molecule has 0 aliphatic carbocycles. The Kier molecular flexibility index (Phi) is 11.2. The maximum Gasteiger partial charge on any atom is 0.460 e. The number of halogens is 18. The molecule has 0 amide bonds. The second-order valence-corrected chi connectivity index (χ2v) is 20.6. The van der Waals surface area contributed by atoms with E-state index in [9.17, 15) is 79.0 Å². The normalized spacial score (nSPS) is 16.2. The van der Waals surface area contributed by atoms with Gasteiger partial charge in [0.15, 0.2) is 16.6 Å². The van der Waals surface area contributed by atoms with E-state index in [-0.39, 0.29) is 0 Å². The quantitative estimate of drug-likeness (QED) is 0.134. The highest BCUT2D eigenvalue weighted by atomic mass is 28.4. The number of rotatable bonds is 14. The van der Waals surface area contributed by atoms with Crippen molar-refractivity contribution in [3.8, 4) is 0 Å². The van der Waals surface area contributed by atoms with Crippen LogP contribution in [0.15, 0.2) is 0 Å². The minimum Gasteiger partial charge on any atom is -0.436 e. The Morgan fingerprint density at radius 2 is 0.675 bits per heavy atom. The first-order valence-electron chi connectivity index (χ1n) is 10.6. The highest BCUT2D eigenvalue weighted by molar-refractivity contribution is 6.81. The predicted molar refractivity (Wildman–Crippen MR) is 109 cm³/mol. The zero-order valence-electron chi connectivity index (χ0n) is 20.9. The van der Waals surface area contributed by atoms with Crippen molar-refractivity contribution in [2.45, 2.75) is 106 Å². The molecule has 0 atom stereocenters. The Labute approximate surface area is 219 Å². The highest BCUT2D eigenvalue weighted by Gasteiger charge is 2.82. The molecule has 0 aromatic rings. The average molecular weight is 686 g/mol. The van der Waals surface area contributed by atoms with Gasteiger partial charge in [-0.3, -0.25) is 0 Å². The molecule has 0 rings (SSSR count). The molecule has 0 unspecified atom stereocenters. The summed E-state index contributed by atoms with van der Waals surface area (Å²) in [6, 6.07) is -2.32. The van der Waals surface area contributed by atoms with E-state index in [0.717, 1.165) is 32.7 Å². The molecule has 0 saturated carbocycles. The standard InChI is InChI=1S/C17H23F18O2Si3/c1-38(36-39(2,3)8-6-10(18,19)12(22,23)14(26,27)16(30,31)32)37-40(4,5)9-7-11(20,21)13(24,25)15(28,29)17(33,34)35/h6-9H2,1-5H3. The number of hydrogen-bond donors (Lipinski definition) is 0. The van der Waals surface area contributed by atoms with Crippen molar-refractivity contribution >= 4 is 25.9 Å². The van der Waals surface area contributed by atoms with Crippen LogP contribution in [0.1, 0.15) is 12.8 Å². The van der Waals surface area contributed by atoms with Crippen LogP contribution in [0.5, 0.6) is 0 Å². The van der Waals surface area contributed by atoms with Crippen molar-refractivity contribution in [1.82, 2.24) is 0 Å². The van der Waals surface area contributed by atoms with Gasteiger partial charge >= 0.3 is 57.2 Å². The minimum absolute atomic E-state index is 1.02. The van der Waals surface area contributed by atoms with Crippen molar-refractivity contribution in [3.05, 3.63) is 0 Å². The molecule has 2 nitrogen and oxygen atoms in total. The minimum atomic E-state index is -7.10. The van der Waals surface area contributed by atoms with Gasteiger partial charge in [0.25, 0.3) is 0 Å². The lowest BCUT2D eigenvalue weighted by Crippen LogP contribution is -2.61. The predicted octanol–water partition coefficient (Wildman–Crippen LogP) is 9.26. The van der Waals surface area contributed by atoms with Gasteiger partial charge in [-0.05, 0) is 44.8 Å². The molecule has 0 aromatic heterocycles. The fourth-order valence-corrected chi connectivity index (χ4v) is 12.4. The van der Waals surface area contributed by atoms with Gasteiger partial charge in [-0.1, -0.05) is 0 Å². The summed E-state index contributed by atoms with van der Waals surface area (Å²) in [5.41, 5.74) is 0. The fourth-order valence-electron chi connectivity index (χ4n) is 2.95. The Balaban J connectivity index is 5.41. The monoisotopic (exact) mass is 685 g/mol. The molecule has 241 valence electrons. The molecule has 0 bridgehead atoms. The van der Waals surface area contributed by atoms with Gasteiger partial charge in [0, 0.05) is 12.8 Å². The summed E-state index contributed by atoms with van der Waals surface area (Å²) >= 11 is 0. The second-order valence-electron chi connectivity index (χ2n) is 9.92. The number of alkyl halides is 18. The molecule has 0 aromatic carbocycles. The third-order valence-electron chi connectivity index (χ3n) is 5.34. The molecular formula is C17H23F18O2Si3. The van der Waals surface area contributed by atoms with E-state index in [1.54, 1.807) is 0 Å². The van der Waals surface area contributed by atoms with Crippen LogP contribution in [0.2, 0.25) is 44.8 Å². The lowest BCUT2D eigenvalue weighted by molar-refractivity contribution is -0.396. The van der Waals surface area contributed by atoms with E-state index in [4.69, 9.17) is 8.23 Å². The second kappa shape index (κ2) is 11.4. The largest absolute Gasteiger partial charge is 0.460 e. The highest BCUT2D eigenvalue weighted by Crippen LogP contribution is 2.56. The molecule has 1 radical (unpaired) electrons. The lowest BCUT2D eigenvalue weighted by Gasteiger charge is -2.36. The summed E-state index contributed by atoms with van der Waals surface area (Å²) < 4.78 is 245. The summed E-state index contributed by atoms with van der Waals surface area (Å²) in [6.07, 6.45) is -18.5. The van der Waals surface area contributed by atoms with Crippen molar-refractivity contribution < 1.29 is 87.3 Å². The van der Waals surface area contributed by atoms with Gasteiger partial charge in [0.2, 0.25) is 0 Å². The smallest absolute Gasteiger partial charge is 0.436 e. The van der Waals surface area contributed by atoms with E-state index >= 15 is 0 Å². The molecule has 0 saturated heterocycles. The first-order valence-corrected chi connectivity index (χ1v) is 18.7. The topological polar surface area (TPSA) is 18.5 Å². The summed E-state index contributed by atoms with van der Waals surface area (Å²) in [6.45, 7) is 5.11.